The van der Waals surface area contributed by atoms with Crippen LogP contribution in [-0.2, 0) is 4.79 Å². The second kappa shape index (κ2) is 6.69. The molecule has 0 fully saturated rings. The number of hydrogen-bond acceptors (Lipinski definition) is 2. The largest absolute Gasteiger partial charge is 0.306 e. The van der Waals surface area contributed by atoms with E-state index in [0.29, 0.717) is 11.6 Å². The van der Waals surface area contributed by atoms with Crippen LogP contribution in [0.2, 0.25) is 5.02 Å². The Morgan fingerprint density at radius 2 is 1.96 bits per heavy atom. The molecular weight excluding hydrogens is 332 g/mol. The SMILES string of the molecule is O=C1CN=C(c2ccccc2)c2cc(Cl)ccc2N1CC1=CC=CC1. The van der Waals surface area contributed by atoms with Crippen molar-refractivity contribution in [3.05, 3.63) is 88.5 Å². The van der Waals surface area contributed by atoms with Crippen molar-refractivity contribution in [1.29, 1.82) is 0 Å². The standard InChI is InChI=1S/C21H17ClN2O/c22-17-10-11-19-18(12-17)21(16-8-2-1-3-9-16)23-13-20(25)24(19)14-15-6-4-5-7-15/h1-6,8-12H,7,13-14H2. The smallest absolute Gasteiger partial charge is 0.248 e. The Bertz CT molecular complexity index is 913. The maximum absolute atomic E-state index is 12.8. The maximum atomic E-state index is 12.8. The van der Waals surface area contributed by atoms with Gasteiger partial charge in [-0.2, -0.15) is 0 Å². The third kappa shape index (κ3) is 3.15. The van der Waals surface area contributed by atoms with Gasteiger partial charge in [0.25, 0.3) is 0 Å². The van der Waals surface area contributed by atoms with Crippen LogP contribution in [0.1, 0.15) is 17.5 Å². The summed E-state index contributed by atoms with van der Waals surface area (Å²) >= 11 is 6.26. The van der Waals surface area contributed by atoms with E-state index in [-0.39, 0.29) is 12.5 Å². The van der Waals surface area contributed by atoms with Gasteiger partial charge in [0.2, 0.25) is 5.91 Å². The number of carbonyl (C=O) groups excluding carboxylic acids is 1. The normalized spacial score (nSPS) is 16.4. The Morgan fingerprint density at radius 1 is 1.12 bits per heavy atom. The number of hydrogen-bond donors (Lipinski definition) is 0. The van der Waals surface area contributed by atoms with Gasteiger partial charge in [-0.25, -0.2) is 0 Å². The average Bonchev–Trinajstić information content (AvgIpc) is 3.10. The van der Waals surface area contributed by atoms with E-state index in [4.69, 9.17) is 11.6 Å². The first-order chi connectivity index (χ1) is 12.2. The monoisotopic (exact) mass is 348 g/mol. The third-order valence-electron chi connectivity index (χ3n) is 4.43. The molecule has 2 aliphatic rings. The Kier molecular flexibility index (Phi) is 4.24. The fourth-order valence-corrected chi connectivity index (χ4v) is 3.39. The zero-order valence-electron chi connectivity index (χ0n) is 13.7. The molecule has 0 aromatic heterocycles. The molecule has 2 aromatic rings. The highest BCUT2D eigenvalue weighted by atomic mass is 35.5. The van der Waals surface area contributed by atoms with E-state index in [9.17, 15) is 4.79 Å². The third-order valence-corrected chi connectivity index (χ3v) is 4.67. The van der Waals surface area contributed by atoms with Crippen molar-refractivity contribution in [1.82, 2.24) is 0 Å². The van der Waals surface area contributed by atoms with Crippen LogP contribution in [0.5, 0.6) is 0 Å². The van der Waals surface area contributed by atoms with E-state index in [1.54, 1.807) is 0 Å². The van der Waals surface area contributed by atoms with E-state index in [0.717, 1.165) is 28.9 Å². The topological polar surface area (TPSA) is 32.7 Å². The number of nitrogens with zero attached hydrogens (tertiary/aromatic N) is 2. The second-order valence-corrected chi connectivity index (χ2v) is 6.57. The first-order valence-corrected chi connectivity index (χ1v) is 8.65. The highest BCUT2D eigenvalue weighted by molar-refractivity contribution is 6.32. The Hall–Kier alpha value is -2.65. The summed E-state index contributed by atoms with van der Waals surface area (Å²) in [6, 6.07) is 15.6. The van der Waals surface area contributed by atoms with Crippen molar-refractivity contribution in [3.63, 3.8) is 0 Å². The zero-order chi connectivity index (χ0) is 17.2. The summed E-state index contributed by atoms with van der Waals surface area (Å²) in [5.74, 6) is 0.00213. The van der Waals surface area contributed by atoms with Gasteiger partial charge in [0.05, 0.1) is 11.4 Å². The molecule has 3 nitrogen and oxygen atoms in total. The number of rotatable bonds is 3. The van der Waals surface area contributed by atoms with Crippen LogP contribution < -0.4 is 4.90 Å². The molecule has 0 spiro atoms. The molecule has 4 rings (SSSR count). The van der Waals surface area contributed by atoms with Crippen LogP contribution in [0, 0.1) is 0 Å². The Balaban J connectivity index is 1.81. The Labute approximate surface area is 152 Å². The zero-order valence-corrected chi connectivity index (χ0v) is 14.4. The van der Waals surface area contributed by atoms with Crippen LogP contribution in [0.4, 0.5) is 5.69 Å². The number of amides is 1. The van der Waals surface area contributed by atoms with Gasteiger partial charge in [-0.15, -0.1) is 0 Å². The van der Waals surface area contributed by atoms with Gasteiger partial charge in [0.1, 0.15) is 6.54 Å². The summed E-state index contributed by atoms with van der Waals surface area (Å²) < 4.78 is 0. The summed E-state index contributed by atoms with van der Waals surface area (Å²) in [5.41, 5.74) is 4.78. The first kappa shape index (κ1) is 15.9. The fraction of sp³-hybridized carbons (Fsp3) is 0.143. The molecular formula is C21H17ClN2O. The lowest BCUT2D eigenvalue weighted by atomic mass is 10.00. The van der Waals surface area contributed by atoms with Crippen LogP contribution in [0.25, 0.3) is 0 Å². The van der Waals surface area contributed by atoms with Crippen molar-refractivity contribution in [2.75, 3.05) is 18.0 Å². The number of halogens is 1. The van der Waals surface area contributed by atoms with Crippen LogP contribution in [0.15, 0.2) is 77.3 Å². The number of benzene rings is 2. The average molecular weight is 349 g/mol. The van der Waals surface area contributed by atoms with Crippen molar-refractivity contribution < 1.29 is 4.79 Å². The number of fused-ring (bicyclic) bond motifs is 1. The van der Waals surface area contributed by atoms with Crippen molar-refractivity contribution in [2.24, 2.45) is 4.99 Å². The molecule has 4 heteroatoms. The number of aliphatic imine (C=N–C) groups is 1. The van der Waals surface area contributed by atoms with Gasteiger partial charge < -0.3 is 4.90 Å². The Morgan fingerprint density at radius 3 is 2.72 bits per heavy atom. The highest BCUT2D eigenvalue weighted by Gasteiger charge is 2.26. The number of anilines is 1. The minimum Gasteiger partial charge on any atom is -0.306 e. The maximum Gasteiger partial charge on any atom is 0.248 e. The first-order valence-electron chi connectivity index (χ1n) is 8.27. The van der Waals surface area contributed by atoms with Crippen LogP contribution >= 0.6 is 11.6 Å². The molecule has 1 aliphatic heterocycles. The summed E-state index contributed by atoms with van der Waals surface area (Å²) in [6.45, 7) is 0.718. The number of allylic oxidation sites excluding steroid dienone is 3. The van der Waals surface area contributed by atoms with E-state index in [1.165, 1.54) is 5.57 Å². The molecule has 0 radical (unpaired) electrons. The molecule has 0 saturated carbocycles. The van der Waals surface area contributed by atoms with Gasteiger partial charge in [-0.1, -0.05) is 60.2 Å². The quantitative estimate of drug-likeness (QED) is 0.808. The predicted molar refractivity (Wildman–Crippen MR) is 103 cm³/mol. The lowest BCUT2D eigenvalue weighted by Gasteiger charge is -2.24. The van der Waals surface area contributed by atoms with Gasteiger partial charge in [-0.3, -0.25) is 9.79 Å². The molecule has 25 heavy (non-hydrogen) atoms. The molecule has 0 atom stereocenters. The van der Waals surface area contributed by atoms with E-state index in [1.807, 2.05) is 59.5 Å². The van der Waals surface area contributed by atoms with Crippen LogP contribution in [-0.4, -0.2) is 24.7 Å². The minimum absolute atomic E-state index is 0.00213. The molecule has 2 aromatic carbocycles. The fourth-order valence-electron chi connectivity index (χ4n) is 3.21. The molecule has 0 N–H and O–H groups in total. The van der Waals surface area contributed by atoms with Gasteiger partial charge >= 0.3 is 0 Å². The lowest BCUT2D eigenvalue weighted by molar-refractivity contribution is -0.117. The summed E-state index contributed by atoms with van der Waals surface area (Å²) in [6.07, 6.45) is 7.10. The van der Waals surface area contributed by atoms with Crippen LogP contribution in [0.3, 0.4) is 0 Å². The van der Waals surface area contributed by atoms with Crippen molar-refractivity contribution in [3.8, 4) is 0 Å². The number of benzodiazepines with no additional fused rings is 1. The summed E-state index contributed by atoms with van der Waals surface area (Å²) in [4.78, 5) is 19.2. The van der Waals surface area contributed by atoms with E-state index >= 15 is 0 Å². The van der Waals surface area contributed by atoms with Crippen molar-refractivity contribution >= 4 is 28.9 Å². The lowest BCUT2D eigenvalue weighted by Crippen LogP contribution is -2.34. The summed E-state index contributed by atoms with van der Waals surface area (Å²) in [5, 5.41) is 0.637. The molecule has 0 bridgehead atoms. The predicted octanol–water partition coefficient (Wildman–Crippen LogP) is 4.41. The molecule has 1 amide bonds. The van der Waals surface area contributed by atoms with Gasteiger partial charge in [-0.05, 0) is 30.2 Å². The van der Waals surface area contributed by atoms with E-state index < -0.39 is 0 Å². The molecule has 1 heterocycles. The minimum atomic E-state index is 0.00213. The molecule has 0 saturated heterocycles. The van der Waals surface area contributed by atoms with Crippen molar-refractivity contribution in [2.45, 2.75) is 6.42 Å². The molecule has 0 unspecified atom stereocenters. The summed E-state index contributed by atoms with van der Waals surface area (Å²) in [7, 11) is 0. The molecule has 124 valence electrons. The van der Waals surface area contributed by atoms with Gasteiger partial charge in [0, 0.05) is 22.7 Å². The second-order valence-electron chi connectivity index (χ2n) is 6.13. The highest BCUT2D eigenvalue weighted by Crippen LogP contribution is 2.30. The van der Waals surface area contributed by atoms with Gasteiger partial charge in [0.15, 0.2) is 0 Å². The molecule has 1 aliphatic carbocycles. The van der Waals surface area contributed by atoms with E-state index in [2.05, 4.69) is 17.1 Å². The number of carbonyl (C=O) groups is 1.